The van der Waals surface area contributed by atoms with E-state index in [2.05, 4.69) is 107 Å². The summed E-state index contributed by atoms with van der Waals surface area (Å²) in [5.74, 6) is 3.94. The van der Waals surface area contributed by atoms with Crippen molar-refractivity contribution >= 4 is 46.8 Å². The minimum atomic E-state index is 0.467. The molecule has 1 unspecified atom stereocenters. The fraction of sp³-hybridized carbons (Fsp3) is 0.368. The lowest BCUT2D eigenvalue weighted by molar-refractivity contribution is 0.585. The average molecular weight is 675 g/mol. The Balaban J connectivity index is 0.00000239. The van der Waals surface area contributed by atoms with E-state index < -0.39 is 0 Å². The second kappa shape index (κ2) is 17.8. The van der Waals surface area contributed by atoms with Gasteiger partial charge in [0.15, 0.2) is 0 Å². The van der Waals surface area contributed by atoms with E-state index in [9.17, 15) is 0 Å². The average Bonchev–Trinajstić information content (AvgIpc) is 3.57. The monoisotopic (exact) mass is 674 g/mol. The van der Waals surface area contributed by atoms with E-state index in [0.717, 1.165) is 63.2 Å². The number of nitrogens with one attached hydrogen (secondary N) is 4. The fourth-order valence-corrected chi connectivity index (χ4v) is 5.73. The molecule has 6 rings (SSSR count). The van der Waals surface area contributed by atoms with Gasteiger partial charge in [-0.3, -0.25) is 0 Å². The molecule has 12 heteroatoms. The van der Waals surface area contributed by atoms with E-state index in [1.54, 1.807) is 0 Å². The van der Waals surface area contributed by atoms with Crippen LogP contribution in [0.4, 0.5) is 46.8 Å². The number of hydrogen-bond donors (Lipinski definition) is 5. The first-order chi connectivity index (χ1) is 24.4. The van der Waals surface area contributed by atoms with Gasteiger partial charge in [-0.25, -0.2) is 0 Å². The molecule has 0 aliphatic carbocycles. The minimum absolute atomic E-state index is 0.467. The van der Waals surface area contributed by atoms with Crippen molar-refractivity contribution in [2.45, 2.75) is 60.3 Å². The Morgan fingerprint density at radius 2 is 1.38 bits per heavy atom. The van der Waals surface area contributed by atoms with Gasteiger partial charge in [0.2, 0.25) is 29.7 Å². The summed E-state index contributed by atoms with van der Waals surface area (Å²) in [5.41, 5.74) is 12.2. The van der Waals surface area contributed by atoms with Crippen molar-refractivity contribution < 1.29 is 0 Å². The number of hydrogen-bond acceptors (Lipinski definition) is 12. The fourth-order valence-electron chi connectivity index (χ4n) is 5.73. The van der Waals surface area contributed by atoms with Crippen LogP contribution in [0.25, 0.3) is 0 Å². The maximum Gasteiger partial charge on any atom is 0.233 e. The Labute approximate surface area is 295 Å². The third kappa shape index (κ3) is 10.5. The zero-order valence-electron chi connectivity index (χ0n) is 29.9. The third-order valence-electron chi connectivity index (χ3n) is 8.14. The maximum atomic E-state index is 5.94. The molecule has 262 valence electrons. The SMILES string of the molecule is CC.CCCNc1nc(NCCc2ccc(C)cc2)nc(Nc2cccc(CC3CCN(c4nc(C)nc(Nc5cccc(N)c5)n4)C3)c2)n1. The highest BCUT2D eigenvalue weighted by Crippen LogP contribution is 2.27. The Kier molecular flexibility index (Phi) is 12.7. The van der Waals surface area contributed by atoms with E-state index in [0.29, 0.717) is 47.2 Å². The standard InChI is InChI=1S/C36H44N12.C2H6/c1-4-17-38-32-44-33(39-18-15-26-13-11-24(2)12-14-26)46-35(45-32)42-30-9-5-7-27(21-30)20-28-16-19-48(23-28)36-41-25(3)40-34(47-36)43-31-10-6-8-29(37)22-31;1-2/h5-14,21-22,28H,4,15-20,23,37H2,1-3H3,(H,40,41,43,47)(H3,38,39,42,44,45,46);1-2H3. The van der Waals surface area contributed by atoms with Crippen molar-refractivity contribution in [3.8, 4) is 0 Å². The van der Waals surface area contributed by atoms with Crippen LogP contribution < -0.4 is 31.9 Å². The van der Waals surface area contributed by atoms with Crippen LogP contribution in [0.2, 0.25) is 0 Å². The summed E-state index contributed by atoms with van der Waals surface area (Å²) in [6, 6.07) is 24.6. The van der Waals surface area contributed by atoms with E-state index >= 15 is 0 Å². The maximum absolute atomic E-state index is 5.94. The van der Waals surface area contributed by atoms with E-state index in [1.165, 1.54) is 16.7 Å². The summed E-state index contributed by atoms with van der Waals surface area (Å²) >= 11 is 0. The third-order valence-corrected chi connectivity index (χ3v) is 8.14. The molecule has 0 spiro atoms. The van der Waals surface area contributed by atoms with Crippen LogP contribution in [0.3, 0.4) is 0 Å². The lowest BCUT2D eigenvalue weighted by atomic mass is 9.98. The molecule has 3 heterocycles. The molecular weight excluding hydrogens is 625 g/mol. The molecule has 5 aromatic rings. The predicted molar refractivity (Wildman–Crippen MR) is 206 cm³/mol. The van der Waals surface area contributed by atoms with Gasteiger partial charge in [-0.1, -0.05) is 68.8 Å². The Bertz CT molecular complexity index is 1810. The summed E-state index contributed by atoms with van der Waals surface area (Å²) in [6.07, 6.45) is 3.84. The van der Waals surface area contributed by atoms with Gasteiger partial charge in [-0.2, -0.15) is 29.9 Å². The molecule has 0 saturated carbocycles. The molecule has 2 aromatic heterocycles. The Morgan fingerprint density at radius 1 is 0.720 bits per heavy atom. The molecule has 0 amide bonds. The Hall–Kier alpha value is -5.52. The van der Waals surface area contributed by atoms with E-state index in [1.807, 2.05) is 51.1 Å². The lowest BCUT2D eigenvalue weighted by Gasteiger charge is -2.18. The van der Waals surface area contributed by atoms with Crippen molar-refractivity contribution in [3.05, 3.63) is 95.3 Å². The number of rotatable bonds is 14. The summed E-state index contributed by atoms with van der Waals surface area (Å²) in [7, 11) is 0. The van der Waals surface area contributed by atoms with Gasteiger partial charge < -0.3 is 31.9 Å². The highest BCUT2D eigenvalue weighted by molar-refractivity contribution is 5.60. The quantitative estimate of drug-likeness (QED) is 0.0750. The number of nitrogens with two attached hydrogens (primary N) is 1. The highest BCUT2D eigenvalue weighted by Gasteiger charge is 2.25. The first-order valence-corrected chi connectivity index (χ1v) is 17.6. The normalized spacial score (nSPS) is 13.7. The first-order valence-electron chi connectivity index (χ1n) is 17.6. The first kappa shape index (κ1) is 35.8. The van der Waals surface area contributed by atoms with Gasteiger partial charge in [-0.05, 0) is 86.9 Å². The number of aromatic nitrogens is 6. The second-order valence-corrected chi connectivity index (χ2v) is 12.3. The smallest absolute Gasteiger partial charge is 0.233 e. The highest BCUT2D eigenvalue weighted by atomic mass is 15.3. The zero-order valence-corrected chi connectivity index (χ0v) is 29.9. The van der Waals surface area contributed by atoms with Crippen LogP contribution in [0.1, 0.15) is 56.1 Å². The summed E-state index contributed by atoms with van der Waals surface area (Å²) in [5, 5.41) is 13.4. The van der Waals surface area contributed by atoms with Crippen molar-refractivity contribution in [1.29, 1.82) is 0 Å². The van der Waals surface area contributed by atoms with E-state index in [4.69, 9.17) is 10.7 Å². The molecule has 0 bridgehead atoms. The summed E-state index contributed by atoms with van der Waals surface area (Å²) < 4.78 is 0. The van der Waals surface area contributed by atoms with Crippen LogP contribution in [-0.4, -0.2) is 56.1 Å². The van der Waals surface area contributed by atoms with Crippen LogP contribution >= 0.6 is 0 Å². The van der Waals surface area contributed by atoms with Gasteiger partial charge in [0, 0.05) is 43.2 Å². The molecule has 0 radical (unpaired) electrons. The number of benzene rings is 3. The van der Waals surface area contributed by atoms with Crippen molar-refractivity contribution in [3.63, 3.8) is 0 Å². The topological polar surface area (TPSA) is 155 Å². The van der Waals surface area contributed by atoms with E-state index in [-0.39, 0.29) is 0 Å². The molecule has 1 aliphatic rings. The zero-order chi connectivity index (χ0) is 35.3. The molecule has 12 nitrogen and oxygen atoms in total. The largest absolute Gasteiger partial charge is 0.399 e. The number of aryl methyl sites for hydroxylation is 2. The minimum Gasteiger partial charge on any atom is -0.399 e. The van der Waals surface area contributed by atoms with Crippen LogP contribution in [-0.2, 0) is 12.8 Å². The second-order valence-electron chi connectivity index (χ2n) is 12.3. The van der Waals surface area contributed by atoms with Gasteiger partial charge in [0.05, 0.1) is 0 Å². The Morgan fingerprint density at radius 3 is 2.10 bits per heavy atom. The molecule has 1 atom stereocenters. The van der Waals surface area contributed by atoms with Gasteiger partial charge >= 0.3 is 0 Å². The predicted octanol–water partition coefficient (Wildman–Crippen LogP) is 7.31. The van der Waals surface area contributed by atoms with Crippen molar-refractivity contribution in [1.82, 2.24) is 29.9 Å². The molecule has 1 fully saturated rings. The number of nitrogen functional groups attached to an aromatic ring is 1. The van der Waals surface area contributed by atoms with Crippen LogP contribution in [0.15, 0.2) is 72.8 Å². The van der Waals surface area contributed by atoms with Crippen LogP contribution in [0, 0.1) is 19.8 Å². The molecular formula is C38H50N12. The van der Waals surface area contributed by atoms with Gasteiger partial charge in [0.25, 0.3) is 0 Å². The number of anilines is 8. The summed E-state index contributed by atoms with van der Waals surface area (Å²) in [4.78, 5) is 30.0. The molecule has 50 heavy (non-hydrogen) atoms. The molecule has 1 saturated heterocycles. The summed E-state index contributed by atoms with van der Waals surface area (Å²) in [6.45, 7) is 13.4. The van der Waals surface area contributed by atoms with Gasteiger partial charge in [-0.15, -0.1) is 0 Å². The molecule has 6 N–H and O–H groups in total. The van der Waals surface area contributed by atoms with Crippen molar-refractivity contribution in [2.24, 2.45) is 5.92 Å². The lowest BCUT2D eigenvalue weighted by Crippen LogP contribution is -2.23. The molecule has 3 aromatic carbocycles. The van der Waals surface area contributed by atoms with Crippen LogP contribution in [0.5, 0.6) is 0 Å². The number of nitrogens with zero attached hydrogens (tertiary/aromatic N) is 7. The van der Waals surface area contributed by atoms with Gasteiger partial charge in [0.1, 0.15) is 5.82 Å². The molecule has 1 aliphatic heterocycles. The van der Waals surface area contributed by atoms with Crippen molar-refractivity contribution in [2.75, 3.05) is 58.1 Å².